The van der Waals surface area contributed by atoms with Gasteiger partial charge in [0.15, 0.2) is 0 Å². The third kappa shape index (κ3) is 5.61. The van der Waals surface area contributed by atoms with Gasteiger partial charge in [0.25, 0.3) is 5.91 Å². The van der Waals surface area contributed by atoms with Crippen molar-refractivity contribution < 1.29 is 19.1 Å². The van der Waals surface area contributed by atoms with Crippen LogP contribution in [0.4, 0.5) is 11.4 Å². The van der Waals surface area contributed by atoms with Gasteiger partial charge in [0, 0.05) is 11.9 Å². The fraction of sp³-hybridized carbons (Fsp3) is 0.190. The van der Waals surface area contributed by atoms with Crippen LogP contribution in [0, 0.1) is 11.3 Å². The molecule has 0 aliphatic rings. The van der Waals surface area contributed by atoms with Gasteiger partial charge < -0.3 is 20.1 Å². The summed E-state index contributed by atoms with van der Waals surface area (Å²) in [5.41, 5.74) is 1.03. The van der Waals surface area contributed by atoms with E-state index in [1.807, 2.05) is 13.0 Å². The van der Waals surface area contributed by atoms with E-state index in [1.54, 1.807) is 55.5 Å². The van der Waals surface area contributed by atoms with Crippen molar-refractivity contribution in [2.75, 3.05) is 23.8 Å². The Balaban J connectivity index is 2.10. The van der Waals surface area contributed by atoms with Gasteiger partial charge in [-0.05, 0) is 50.2 Å². The first kappa shape index (κ1) is 20.5. The van der Waals surface area contributed by atoms with E-state index in [0.717, 1.165) is 5.75 Å². The molecule has 0 unspecified atom stereocenters. The number of ether oxygens (including phenoxy) is 2. The predicted molar refractivity (Wildman–Crippen MR) is 106 cm³/mol. The van der Waals surface area contributed by atoms with Crippen LogP contribution in [-0.4, -0.2) is 25.1 Å². The summed E-state index contributed by atoms with van der Waals surface area (Å²) in [7, 11) is 0. The number of carbonyl (C=O) groups is 2. The molecular formula is C21H21N3O4. The number of nitrogens with one attached hydrogen (secondary N) is 2. The number of benzene rings is 2. The summed E-state index contributed by atoms with van der Waals surface area (Å²) in [5, 5.41) is 14.8. The minimum atomic E-state index is -0.641. The highest BCUT2D eigenvalue weighted by molar-refractivity contribution is 6.09. The number of nitriles is 1. The Morgan fingerprint density at radius 2 is 1.79 bits per heavy atom. The second kappa shape index (κ2) is 10.4. The van der Waals surface area contributed by atoms with E-state index in [4.69, 9.17) is 9.47 Å². The predicted octanol–water partition coefficient (Wildman–Crippen LogP) is 3.72. The lowest BCUT2D eigenvalue weighted by Crippen LogP contribution is -2.17. The number of anilines is 2. The zero-order valence-corrected chi connectivity index (χ0v) is 15.7. The van der Waals surface area contributed by atoms with Crippen molar-refractivity contribution in [3.8, 4) is 11.8 Å². The maximum Gasteiger partial charge on any atom is 0.340 e. The van der Waals surface area contributed by atoms with E-state index in [0.29, 0.717) is 12.3 Å². The Bertz CT molecular complexity index is 899. The van der Waals surface area contributed by atoms with Gasteiger partial charge in [-0.3, -0.25) is 4.79 Å². The standard InChI is InChI=1S/C21H21N3O4/c1-3-27-17-11-9-16(10-12-17)23-14-15(13-22)20(25)24-19-8-6-5-7-18(19)21(26)28-4-2/h5-12,14,23H,3-4H2,1-2H3,(H,24,25)/b15-14-. The molecule has 0 heterocycles. The molecule has 0 aromatic heterocycles. The van der Waals surface area contributed by atoms with Gasteiger partial charge in [-0.25, -0.2) is 4.79 Å². The molecule has 0 radical (unpaired) electrons. The second-order valence-corrected chi connectivity index (χ2v) is 5.49. The molecule has 0 aliphatic carbocycles. The van der Waals surface area contributed by atoms with E-state index in [-0.39, 0.29) is 23.4 Å². The first-order valence-electron chi connectivity index (χ1n) is 8.76. The number of hydrogen-bond donors (Lipinski definition) is 2. The van der Waals surface area contributed by atoms with E-state index >= 15 is 0 Å². The molecule has 0 atom stereocenters. The highest BCUT2D eigenvalue weighted by Crippen LogP contribution is 2.18. The summed E-state index contributed by atoms with van der Waals surface area (Å²) in [5.74, 6) is -0.461. The van der Waals surface area contributed by atoms with Gasteiger partial charge in [-0.15, -0.1) is 0 Å². The summed E-state index contributed by atoms with van der Waals surface area (Å²) in [6.07, 6.45) is 1.30. The van der Waals surface area contributed by atoms with Crippen molar-refractivity contribution in [2.24, 2.45) is 0 Å². The lowest BCUT2D eigenvalue weighted by atomic mass is 10.1. The summed E-state index contributed by atoms with van der Waals surface area (Å²) in [6, 6.07) is 15.4. The van der Waals surface area contributed by atoms with Gasteiger partial charge >= 0.3 is 5.97 Å². The number of nitrogens with zero attached hydrogens (tertiary/aromatic N) is 1. The normalized spacial score (nSPS) is 10.5. The van der Waals surface area contributed by atoms with Crippen molar-refractivity contribution in [1.29, 1.82) is 5.26 Å². The molecule has 2 aromatic carbocycles. The van der Waals surface area contributed by atoms with Gasteiger partial charge in [0.1, 0.15) is 17.4 Å². The smallest absolute Gasteiger partial charge is 0.340 e. The number of esters is 1. The molecule has 0 saturated heterocycles. The summed E-state index contributed by atoms with van der Waals surface area (Å²) >= 11 is 0. The van der Waals surface area contributed by atoms with Crippen LogP contribution in [0.3, 0.4) is 0 Å². The molecule has 2 rings (SSSR count). The number of rotatable bonds is 8. The van der Waals surface area contributed by atoms with Crippen LogP contribution in [0.25, 0.3) is 0 Å². The molecule has 0 fully saturated rings. The van der Waals surface area contributed by atoms with E-state index in [1.165, 1.54) is 6.20 Å². The topological polar surface area (TPSA) is 100 Å². The highest BCUT2D eigenvalue weighted by atomic mass is 16.5. The van der Waals surface area contributed by atoms with E-state index in [2.05, 4.69) is 10.6 Å². The third-order valence-electron chi connectivity index (χ3n) is 3.58. The Morgan fingerprint density at radius 1 is 1.07 bits per heavy atom. The molecule has 7 heteroatoms. The van der Waals surface area contributed by atoms with Crippen LogP contribution in [0.15, 0.2) is 60.3 Å². The van der Waals surface area contributed by atoms with E-state index < -0.39 is 11.9 Å². The molecular weight excluding hydrogens is 358 g/mol. The van der Waals surface area contributed by atoms with Gasteiger partial charge in [0.05, 0.1) is 24.5 Å². The fourth-order valence-electron chi connectivity index (χ4n) is 2.29. The van der Waals surface area contributed by atoms with Crippen LogP contribution < -0.4 is 15.4 Å². The van der Waals surface area contributed by atoms with Gasteiger partial charge in [-0.1, -0.05) is 12.1 Å². The lowest BCUT2D eigenvalue weighted by Gasteiger charge is -2.10. The van der Waals surface area contributed by atoms with Gasteiger partial charge in [-0.2, -0.15) is 5.26 Å². The summed E-state index contributed by atoms with van der Waals surface area (Å²) in [6.45, 7) is 4.38. The third-order valence-corrected chi connectivity index (χ3v) is 3.58. The van der Waals surface area contributed by atoms with Crippen molar-refractivity contribution in [3.05, 3.63) is 65.9 Å². The molecule has 2 aromatic rings. The van der Waals surface area contributed by atoms with Crippen LogP contribution in [-0.2, 0) is 9.53 Å². The fourth-order valence-corrected chi connectivity index (χ4v) is 2.29. The lowest BCUT2D eigenvalue weighted by molar-refractivity contribution is -0.112. The summed E-state index contributed by atoms with van der Waals surface area (Å²) < 4.78 is 10.3. The minimum Gasteiger partial charge on any atom is -0.494 e. The van der Waals surface area contributed by atoms with Crippen LogP contribution in [0.5, 0.6) is 5.75 Å². The van der Waals surface area contributed by atoms with Crippen LogP contribution >= 0.6 is 0 Å². The maximum atomic E-state index is 12.4. The zero-order chi connectivity index (χ0) is 20.4. The first-order chi connectivity index (χ1) is 13.6. The largest absolute Gasteiger partial charge is 0.494 e. The Hall–Kier alpha value is -3.79. The number of hydrogen-bond acceptors (Lipinski definition) is 6. The molecule has 144 valence electrons. The number of carbonyl (C=O) groups excluding carboxylic acids is 2. The SMILES string of the molecule is CCOC(=O)c1ccccc1NC(=O)/C(C#N)=C\Nc1ccc(OCC)cc1. The second-order valence-electron chi connectivity index (χ2n) is 5.49. The maximum absolute atomic E-state index is 12.4. The highest BCUT2D eigenvalue weighted by Gasteiger charge is 2.16. The summed E-state index contributed by atoms with van der Waals surface area (Å²) in [4.78, 5) is 24.4. The number of para-hydroxylation sites is 1. The van der Waals surface area contributed by atoms with Gasteiger partial charge in [0.2, 0.25) is 0 Å². The molecule has 1 amide bonds. The van der Waals surface area contributed by atoms with Crippen LogP contribution in [0.1, 0.15) is 24.2 Å². The van der Waals surface area contributed by atoms with Crippen molar-refractivity contribution >= 4 is 23.3 Å². The molecule has 0 bridgehead atoms. The molecule has 0 saturated carbocycles. The zero-order valence-electron chi connectivity index (χ0n) is 15.7. The van der Waals surface area contributed by atoms with E-state index in [9.17, 15) is 14.9 Å². The molecule has 28 heavy (non-hydrogen) atoms. The van der Waals surface area contributed by atoms with Crippen LogP contribution in [0.2, 0.25) is 0 Å². The van der Waals surface area contributed by atoms with Crippen molar-refractivity contribution in [3.63, 3.8) is 0 Å². The molecule has 0 aliphatic heterocycles. The minimum absolute atomic E-state index is 0.146. The molecule has 7 nitrogen and oxygen atoms in total. The molecule has 2 N–H and O–H groups in total. The Kier molecular flexibility index (Phi) is 7.61. The van der Waals surface area contributed by atoms with Crippen molar-refractivity contribution in [2.45, 2.75) is 13.8 Å². The molecule has 0 spiro atoms. The Morgan fingerprint density at radius 3 is 2.43 bits per heavy atom. The first-order valence-corrected chi connectivity index (χ1v) is 8.76. The monoisotopic (exact) mass is 379 g/mol. The van der Waals surface area contributed by atoms with Crippen molar-refractivity contribution in [1.82, 2.24) is 0 Å². The Labute approximate surface area is 163 Å². The average Bonchev–Trinajstić information content (AvgIpc) is 2.70. The average molecular weight is 379 g/mol. The quantitative estimate of drug-likeness (QED) is 0.412. The number of amides is 1.